The molecule has 1 aromatic carbocycles. The molecule has 0 spiro atoms. The van der Waals surface area contributed by atoms with Gasteiger partial charge in [0.15, 0.2) is 11.6 Å². The number of nitrogens with zero attached hydrogens (tertiary/aromatic N) is 5. The van der Waals surface area contributed by atoms with Crippen molar-refractivity contribution in [2.24, 2.45) is 0 Å². The normalized spacial score (nSPS) is 14.4. The highest BCUT2D eigenvalue weighted by atomic mass is 19.2. The number of aromatic nitrogens is 4. The van der Waals surface area contributed by atoms with E-state index in [9.17, 15) is 8.78 Å². The van der Waals surface area contributed by atoms with Gasteiger partial charge in [-0.3, -0.25) is 0 Å². The zero-order valence-corrected chi connectivity index (χ0v) is 12.8. The molecule has 1 fully saturated rings. The largest absolute Gasteiger partial charge is 0.362 e. The van der Waals surface area contributed by atoms with E-state index in [1.807, 2.05) is 23.6 Å². The van der Waals surface area contributed by atoms with Crippen LogP contribution in [0.1, 0.15) is 18.9 Å². The van der Waals surface area contributed by atoms with Crippen LogP contribution in [0, 0.1) is 11.6 Å². The predicted molar refractivity (Wildman–Crippen MR) is 83.3 cm³/mol. The van der Waals surface area contributed by atoms with Crippen molar-refractivity contribution < 1.29 is 8.78 Å². The maximum absolute atomic E-state index is 13.7. The molecule has 4 rings (SSSR count). The molecule has 0 unspecified atom stereocenters. The summed E-state index contributed by atoms with van der Waals surface area (Å²) in [6.07, 6.45) is 5.17. The van der Waals surface area contributed by atoms with E-state index in [0.29, 0.717) is 16.9 Å². The van der Waals surface area contributed by atoms with E-state index in [4.69, 9.17) is 0 Å². The van der Waals surface area contributed by atoms with Crippen LogP contribution in [-0.4, -0.2) is 33.6 Å². The molecule has 1 aliphatic carbocycles. The molecule has 1 saturated carbocycles. The first-order valence-electron chi connectivity index (χ1n) is 7.41. The summed E-state index contributed by atoms with van der Waals surface area (Å²) in [6, 6.07) is 2.63. The van der Waals surface area contributed by atoms with Crippen LogP contribution in [0.4, 0.5) is 14.6 Å². The number of halogens is 2. The average molecular weight is 315 g/mol. The average Bonchev–Trinajstić information content (AvgIpc) is 3.30. The van der Waals surface area contributed by atoms with E-state index in [1.165, 1.54) is 12.4 Å². The van der Waals surface area contributed by atoms with Crippen LogP contribution in [0.2, 0.25) is 0 Å². The predicted octanol–water partition coefficient (Wildman–Crippen LogP) is 3.17. The molecule has 118 valence electrons. The van der Waals surface area contributed by atoms with Gasteiger partial charge in [-0.25, -0.2) is 23.7 Å². The van der Waals surface area contributed by atoms with Crippen LogP contribution in [0.5, 0.6) is 0 Å². The van der Waals surface area contributed by atoms with Gasteiger partial charge >= 0.3 is 0 Å². The molecular weight excluding hydrogens is 300 g/mol. The van der Waals surface area contributed by atoms with Crippen LogP contribution in [0.3, 0.4) is 0 Å². The van der Waals surface area contributed by atoms with Gasteiger partial charge in [0.25, 0.3) is 0 Å². The second-order valence-electron chi connectivity index (χ2n) is 5.95. The van der Waals surface area contributed by atoms with E-state index in [1.54, 1.807) is 6.20 Å². The summed E-state index contributed by atoms with van der Waals surface area (Å²) in [5.41, 5.74) is 1.80. The molecule has 1 aliphatic rings. The lowest BCUT2D eigenvalue weighted by molar-refractivity contribution is 0.510. The Kier molecular flexibility index (Phi) is 3.04. The van der Waals surface area contributed by atoms with Gasteiger partial charge in [-0.15, -0.1) is 0 Å². The highest BCUT2D eigenvalue weighted by molar-refractivity contribution is 5.83. The fraction of sp³-hybridized carbons (Fsp3) is 0.312. The summed E-state index contributed by atoms with van der Waals surface area (Å²) in [6.45, 7) is 0. The molecule has 0 N–H and O–H groups in total. The molecule has 0 radical (unpaired) electrons. The van der Waals surface area contributed by atoms with Crippen molar-refractivity contribution >= 4 is 16.9 Å². The lowest BCUT2D eigenvalue weighted by Gasteiger charge is -2.16. The fourth-order valence-electron chi connectivity index (χ4n) is 2.82. The van der Waals surface area contributed by atoms with E-state index in [-0.39, 0.29) is 6.04 Å². The van der Waals surface area contributed by atoms with Crippen molar-refractivity contribution in [1.29, 1.82) is 0 Å². The van der Waals surface area contributed by atoms with Gasteiger partial charge in [-0.05, 0) is 12.8 Å². The SMILES string of the molecule is CN(C)c1ncncc1-c1nc2cc(F)c(F)cc2n1C1CC1. The van der Waals surface area contributed by atoms with Crippen LogP contribution in [0.15, 0.2) is 24.7 Å². The summed E-state index contributed by atoms with van der Waals surface area (Å²) in [7, 11) is 3.77. The molecule has 3 aromatic rings. The van der Waals surface area contributed by atoms with Crippen LogP contribution >= 0.6 is 0 Å². The molecule has 0 atom stereocenters. The standard InChI is InChI=1S/C16H15F2N5/c1-22(2)15-10(7-19-8-20-15)16-21-13-5-11(17)12(18)6-14(13)23(16)9-3-4-9/h5-9H,3-4H2,1-2H3. The molecule has 2 heterocycles. The van der Waals surface area contributed by atoms with Crippen LogP contribution < -0.4 is 4.90 Å². The maximum atomic E-state index is 13.7. The summed E-state index contributed by atoms with van der Waals surface area (Å²) in [4.78, 5) is 14.8. The zero-order chi connectivity index (χ0) is 16.1. The third-order valence-electron chi connectivity index (χ3n) is 4.00. The highest BCUT2D eigenvalue weighted by Crippen LogP contribution is 2.42. The van der Waals surface area contributed by atoms with E-state index < -0.39 is 11.6 Å². The number of anilines is 1. The Morgan fingerprint density at radius 2 is 1.91 bits per heavy atom. The number of benzene rings is 1. The number of fused-ring (bicyclic) bond motifs is 1. The Morgan fingerprint density at radius 3 is 2.61 bits per heavy atom. The van der Waals surface area contributed by atoms with Gasteiger partial charge in [0.1, 0.15) is 18.0 Å². The van der Waals surface area contributed by atoms with Gasteiger partial charge in [-0.2, -0.15) is 0 Å². The van der Waals surface area contributed by atoms with Crippen molar-refractivity contribution in [2.45, 2.75) is 18.9 Å². The Balaban J connectivity index is 2.02. The van der Waals surface area contributed by atoms with Gasteiger partial charge in [-0.1, -0.05) is 0 Å². The van der Waals surface area contributed by atoms with Crippen LogP contribution in [-0.2, 0) is 0 Å². The third kappa shape index (κ3) is 2.23. The van der Waals surface area contributed by atoms with Crippen molar-refractivity contribution in [1.82, 2.24) is 19.5 Å². The first-order valence-corrected chi connectivity index (χ1v) is 7.41. The molecule has 0 bridgehead atoms. The Morgan fingerprint density at radius 1 is 1.17 bits per heavy atom. The zero-order valence-electron chi connectivity index (χ0n) is 12.8. The smallest absolute Gasteiger partial charge is 0.161 e. The van der Waals surface area contributed by atoms with E-state index in [2.05, 4.69) is 15.0 Å². The fourth-order valence-corrected chi connectivity index (χ4v) is 2.82. The Hall–Kier alpha value is -2.57. The molecule has 0 aliphatic heterocycles. The third-order valence-corrected chi connectivity index (χ3v) is 4.00. The number of hydrogen-bond acceptors (Lipinski definition) is 4. The second kappa shape index (κ2) is 4.97. The summed E-state index contributed by atoms with van der Waals surface area (Å²) in [5.74, 6) is -0.375. The Bertz CT molecular complexity index is 899. The minimum Gasteiger partial charge on any atom is -0.362 e. The van der Waals surface area contributed by atoms with Gasteiger partial charge < -0.3 is 9.47 Å². The molecular formula is C16H15F2N5. The first-order chi connectivity index (χ1) is 11.1. The van der Waals surface area contributed by atoms with E-state index in [0.717, 1.165) is 30.3 Å². The topological polar surface area (TPSA) is 46.8 Å². The highest BCUT2D eigenvalue weighted by Gasteiger charge is 2.30. The summed E-state index contributed by atoms with van der Waals surface area (Å²) < 4.78 is 29.2. The number of rotatable bonds is 3. The van der Waals surface area contributed by atoms with Gasteiger partial charge in [0, 0.05) is 38.5 Å². The molecule has 23 heavy (non-hydrogen) atoms. The minimum absolute atomic E-state index is 0.259. The van der Waals surface area contributed by atoms with Gasteiger partial charge in [0.05, 0.1) is 16.6 Å². The Labute approximate surface area is 131 Å². The van der Waals surface area contributed by atoms with Gasteiger partial charge in [0.2, 0.25) is 0 Å². The van der Waals surface area contributed by atoms with E-state index >= 15 is 0 Å². The lowest BCUT2D eigenvalue weighted by Crippen LogP contribution is -2.13. The molecule has 7 heteroatoms. The van der Waals surface area contributed by atoms with Crippen molar-refractivity contribution in [3.8, 4) is 11.4 Å². The minimum atomic E-state index is -0.887. The quantitative estimate of drug-likeness (QED) is 0.745. The molecule has 5 nitrogen and oxygen atoms in total. The summed E-state index contributed by atoms with van der Waals surface area (Å²) in [5, 5.41) is 0. The molecule has 2 aromatic heterocycles. The van der Waals surface area contributed by atoms with Crippen LogP contribution in [0.25, 0.3) is 22.4 Å². The lowest BCUT2D eigenvalue weighted by atomic mass is 10.2. The second-order valence-corrected chi connectivity index (χ2v) is 5.95. The summed E-state index contributed by atoms with van der Waals surface area (Å²) >= 11 is 0. The van der Waals surface area contributed by atoms with Crippen molar-refractivity contribution in [3.63, 3.8) is 0 Å². The first kappa shape index (κ1) is 14.0. The number of hydrogen-bond donors (Lipinski definition) is 0. The van der Waals surface area contributed by atoms with Crippen molar-refractivity contribution in [3.05, 3.63) is 36.3 Å². The van der Waals surface area contributed by atoms with Crippen molar-refractivity contribution in [2.75, 3.05) is 19.0 Å². The maximum Gasteiger partial charge on any atom is 0.161 e. The molecule has 0 amide bonds. The number of imidazole rings is 1. The molecule has 0 saturated heterocycles. The monoisotopic (exact) mass is 315 g/mol.